The van der Waals surface area contributed by atoms with Gasteiger partial charge in [0.15, 0.2) is 0 Å². The number of hydrogen-bond donors (Lipinski definition) is 0. The van der Waals surface area contributed by atoms with Crippen LogP contribution in [0.3, 0.4) is 0 Å². The standard InChI is InChI=1S/C13H25BrO/c1-4-11(3)15-13(10-14)8-6-12(5-2)7-9-13/h11-12H,4-10H2,1-3H3. The van der Waals surface area contributed by atoms with Gasteiger partial charge in [0.1, 0.15) is 0 Å². The number of halogens is 1. The smallest absolute Gasteiger partial charge is 0.0782 e. The fourth-order valence-corrected chi connectivity index (χ4v) is 3.10. The van der Waals surface area contributed by atoms with Crippen molar-refractivity contribution in [2.24, 2.45) is 5.92 Å². The van der Waals surface area contributed by atoms with Crippen molar-refractivity contribution < 1.29 is 4.74 Å². The van der Waals surface area contributed by atoms with Crippen molar-refractivity contribution in [3.8, 4) is 0 Å². The molecule has 1 nitrogen and oxygen atoms in total. The molecule has 0 bridgehead atoms. The summed E-state index contributed by atoms with van der Waals surface area (Å²) in [7, 11) is 0. The highest BCUT2D eigenvalue weighted by Crippen LogP contribution is 2.38. The van der Waals surface area contributed by atoms with E-state index in [9.17, 15) is 0 Å². The van der Waals surface area contributed by atoms with Gasteiger partial charge in [0, 0.05) is 5.33 Å². The van der Waals surface area contributed by atoms with Gasteiger partial charge < -0.3 is 4.74 Å². The lowest BCUT2D eigenvalue weighted by Gasteiger charge is -2.40. The van der Waals surface area contributed by atoms with Gasteiger partial charge in [-0.3, -0.25) is 0 Å². The average molecular weight is 277 g/mol. The van der Waals surface area contributed by atoms with Gasteiger partial charge >= 0.3 is 0 Å². The molecule has 0 spiro atoms. The molecule has 0 amide bonds. The third-order valence-electron chi connectivity index (χ3n) is 3.86. The van der Waals surface area contributed by atoms with Gasteiger partial charge in [-0.15, -0.1) is 0 Å². The van der Waals surface area contributed by atoms with E-state index in [0.29, 0.717) is 6.10 Å². The Balaban J connectivity index is 2.48. The second-order valence-electron chi connectivity index (χ2n) is 5.00. The zero-order valence-electron chi connectivity index (χ0n) is 10.4. The molecule has 0 aromatic heterocycles. The highest BCUT2D eigenvalue weighted by Gasteiger charge is 2.35. The Morgan fingerprint density at radius 2 is 1.93 bits per heavy atom. The summed E-state index contributed by atoms with van der Waals surface area (Å²) in [4.78, 5) is 0. The Morgan fingerprint density at radius 3 is 2.33 bits per heavy atom. The van der Waals surface area contributed by atoms with Crippen LogP contribution in [0.2, 0.25) is 0 Å². The predicted molar refractivity (Wildman–Crippen MR) is 69.6 cm³/mol. The third-order valence-corrected chi connectivity index (χ3v) is 4.89. The summed E-state index contributed by atoms with van der Waals surface area (Å²) in [5.74, 6) is 0.942. The first-order valence-corrected chi connectivity index (χ1v) is 7.51. The molecule has 0 radical (unpaired) electrons. The lowest BCUT2D eigenvalue weighted by molar-refractivity contribution is -0.0984. The number of rotatable bonds is 5. The second-order valence-corrected chi connectivity index (χ2v) is 5.57. The zero-order valence-corrected chi connectivity index (χ0v) is 12.0. The summed E-state index contributed by atoms with van der Waals surface area (Å²) in [6.45, 7) is 6.70. The maximum Gasteiger partial charge on any atom is 0.0782 e. The van der Waals surface area contributed by atoms with Crippen LogP contribution in [0.15, 0.2) is 0 Å². The fraction of sp³-hybridized carbons (Fsp3) is 1.00. The molecular weight excluding hydrogens is 252 g/mol. The quantitative estimate of drug-likeness (QED) is 0.670. The maximum absolute atomic E-state index is 6.22. The number of alkyl halides is 1. The molecule has 1 unspecified atom stereocenters. The molecule has 0 saturated heterocycles. The van der Waals surface area contributed by atoms with Crippen molar-refractivity contribution in [3.63, 3.8) is 0 Å². The van der Waals surface area contributed by atoms with Crippen LogP contribution in [-0.4, -0.2) is 17.0 Å². The van der Waals surface area contributed by atoms with Crippen LogP contribution >= 0.6 is 15.9 Å². The van der Waals surface area contributed by atoms with E-state index in [0.717, 1.165) is 17.7 Å². The summed E-state index contributed by atoms with van der Waals surface area (Å²) in [6.07, 6.45) is 8.02. The molecule has 1 aliphatic carbocycles. The number of ether oxygens (including phenoxy) is 1. The molecule has 2 heteroatoms. The summed E-state index contributed by atoms with van der Waals surface area (Å²) in [5, 5.41) is 1.00. The topological polar surface area (TPSA) is 9.23 Å². The molecule has 90 valence electrons. The molecule has 0 aromatic rings. The van der Waals surface area contributed by atoms with Gasteiger partial charge in [0.25, 0.3) is 0 Å². The lowest BCUT2D eigenvalue weighted by Crippen LogP contribution is -2.41. The Labute approximate surface area is 103 Å². The Morgan fingerprint density at radius 1 is 1.33 bits per heavy atom. The first-order chi connectivity index (χ1) is 7.15. The van der Waals surface area contributed by atoms with Gasteiger partial charge in [-0.05, 0) is 44.9 Å². The molecule has 1 rings (SSSR count). The van der Waals surface area contributed by atoms with E-state index in [2.05, 4.69) is 36.7 Å². The zero-order chi connectivity index (χ0) is 11.3. The largest absolute Gasteiger partial charge is 0.371 e. The van der Waals surface area contributed by atoms with Crippen molar-refractivity contribution >= 4 is 15.9 Å². The summed E-state index contributed by atoms with van der Waals surface area (Å²) in [6, 6.07) is 0. The molecule has 0 heterocycles. The normalized spacial score (nSPS) is 34.0. The Hall–Kier alpha value is 0.440. The van der Waals surface area contributed by atoms with E-state index >= 15 is 0 Å². The minimum absolute atomic E-state index is 0.140. The Kier molecular flexibility index (Phi) is 5.62. The van der Waals surface area contributed by atoms with Gasteiger partial charge in [-0.25, -0.2) is 0 Å². The summed E-state index contributed by atoms with van der Waals surface area (Å²) >= 11 is 3.64. The fourth-order valence-electron chi connectivity index (χ4n) is 2.41. The van der Waals surface area contributed by atoms with Gasteiger partial charge in [0.2, 0.25) is 0 Å². The van der Waals surface area contributed by atoms with Crippen LogP contribution in [0.5, 0.6) is 0 Å². The monoisotopic (exact) mass is 276 g/mol. The maximum atomic E-state index is 6.22. The second kappa shape index (κ2) is 6.24. The summed E-state index contributed by atoms with van der Waals surface area (Å²) in [5.41, 5.74) is 0.140. The van der Waals surface area contributed by atoms with Crippen LogP contribution in [0.4, 0.5) is 0 Å². The van der Waals surface area contributed by atoms with Gasteiger partial charge in [-0.1, -0.05) is 36.2 Å². The molecule has 1 aliphatic rings. The molecule has 15 heavy (non-hydrogen) atoms. The van der Waals surface area contributed by atoms with Gasteiger partial charge in [-0.2, -0.15) is 0 Å². The molecule has 0 N–H and O–H groups in total. The Bertz CT molecular complexity index is 173. The lowest BCUT2D eigenvalue weighted by atomic mass is 9.78. The van der Waals surface area contributed by atoms with E-state index in [1.54, 1.807) is 0 Å². The van der Waals surface area contributed by atoms with E-state index in [1.807, 2.05) is 0 Å². The molecule has 1 saturated carbocycles. The van der Waals surface area contributed by atoms with Crippen LogP contribution in [0, 0.1) is 5.92 Å². The van der Waals surface area contributed by atoms with Crippen LogP contribution in [0.1, 0.15) is 59.3 Å². The van der Waals surface area contributed by atoms with Crippen molar-refractivity contribution in [3.05, 3.63) is 0 Å². The van der Waals surface area contributed by atoms with E-state index in [4.69, 9.17) is 4.74 Å². The minimum atomic E-state index is 0.140. The van der Waals surface area contributed by atoms with E-state index < -0.39 is 0 Å². The van der Waals surface area contributed by atoms with Crippen molar-refractivity contribution in [1.82, 2.24) is 0 Å². The van der Waals surface area contributed by atoms with Crippen LogP contribution < -0.4 is 0 Å². The SMILES string of the molecule is CCC1CCC(CBr)(OC(C)CC)CC1. The molecule has 1 atom stereocenters. The highest BCUT2D eigenvalue weighted by atomic mass is 79.9. The molecule has 0 aromatic carbocycles. The van der Waals surface area contributed by atoms with Crippen LogP contribution in [0.25, 0.3) is 0 Å². The molecule has 1 fully saturated rings. The average Bonchev–Trinajstić information content (AvgIpc) is 2.30. The van der Waals surface area contributed by atoms with Crippen molar-refractivity contribution in [1.29, 1.82) is 0 Å². The minimum Gasteiger partial charge on any atom is -0.371 e. The van der Waals surface area contributed by atoms with Crippen LogP contribution in [-0.2, 0) is 4.74 Å². The summed E-state index contributed by atoms with van der Waals surface area (Å²) < 4.78 is 6.22. The molecule has 0 aliphatic heterocycles. The highest BCUT2D eigenvalue weighted by molar-refractivity contribution is 9.09. The van der Waals surface area contributed by atoms with E-state index in [-0.39, 0.29) is 5.60 Å². The van der Waals surface area contributed by atoms with Crippen molar-refractivity contribution in [2.75, 3.05) is 5.33 Å². The van der Waals surface area contributed by atoms with E-state index in [1.165, 1.54) is 32.1 Å². The number of hydrogen-bond acceptors (Lipinski definition) is 1. The molecular formula is C13H25BrO. The first-order valence-electron chi connectivity index (χ1n) is 6.39. The van der Waals surface area contributed by atoms with Crippen molar-refractivity contribution in [2.45, 2.75) is 71.0 Å². The first kappa shape index (κ1) is 13.5. The van der Waals surface area contributed by atoms with Gasteiger partial charge in [0.05, 0.1) is 11.7 Å². The third kappa shape index (κ3) is 3.74. The predicted octanol–water partition coefficient (Wildman–Crippen LogP) is 4.54.